The summed E-state index contributed by atoms with van der Waals surface area (Å²) in [5.74, 6) is 0.122. The zero-order chi connectivity index (χ0) is 13.2. The molecule has 0 N–H and O–H groups in total. The van der Waals surface area contributed by atoms with E-state index in [1.165, 1.54) is 29.7 Å². The summed E-state index contributed by atoms with van der Waals surface area (Å²) >= 11 is 0. The van der Waals surface area contributed by atoms with E-state index in [1.54, 1.807) is 12.1 Å². The molecule has 98 valence electrons. The molecule has 19 heavy (non-hydrogen) atoms. The molecule has 0 saturated carbocycles. The molecule has 1 atom stereocenters. The van der Waals surface area contributed by atoms with E-state index in [2.05, 4.69) is 12.1 Å². The van der Waals surface area contributed by atoms with Gasteiger partial charge in [0.25, 0.3) is 0 Å². The maximum Gasteiger partial charge on any atom is 0.124 e. The summed E-state index contributed by atoms with van der Waals surface area (Å²) in [7, 11) is -1.18. The molecule has 1 unspecified atom stereocenters. The van der Waals surface area contributed by atoms with E-state index in [-0.39, 0.29) is 5.82 Å². The lowest BCUT2D eigenvalue weighted by atomic mass is 10.1. The van der Waals surface area contributed by atoms with E-state index < -0.39 is 10.8 Å². The van der Waals surface area contributed by atoms with Crippen molar-refractivity contribution < 1.29 is 8.60 Å². The second kappa shape index (κ2) is 5.25. The fourth-order valence-electron chi connectivity index (χ4n) is 2.56. The van der Waals surface area contributed by atoms with Crippen LogP contribution in [0.15, 0.2) is 47.4 Å². The number of benzene rings is 2. The van der Waals surface area contributed by atoms with Gasteiger partial charge in [-0.3, -0.25) is 4.21 Å². The van der Waals surface area contributed by atoms with Crippen LogP contribution >= 0.6 is 0 Å². The average molecular weight is 274 g/mol. The third-order valence-electron chi connectivity index (χ3n) is 3.52. The first kappa shape index (κ1) is 12.5. The zero-order valence-electron chi connectivity index (χ0n) is 10.6. The SMILES string of the molecule is O=S(Cc1ccc2c(c1)CCC2)c1cccc(F)c1. The molecule has 0 saturated heterocycles. The molecule has 0 heterocycles. The van der Waals surface area contributed by atoms with Gasteiger partial charge >= 0.3 is 0 Å². The first-order valence-corrected chi connectivity index (χ1v) is 7.79. The van der Waals surface area contributed by atoms with Crippen LogP contribution in [-0.2, 0) is 29.4 Å². The molecule has 0 radical (unpaired) electrons. The number of hydrogen-bond donors (Lipinski definition) is 0. The highest BCUT2D eigenvalue weighted by Gasteiger charge is 2.12. The molecule has 0 spiro atoms. The first-order chi connectivity index (χ1) is 9.22. The molecular formula is C16H15FOS. The average Bonchev–Trinajstić information content (AvgIpc) is 2.86. The van der Waals surface area contributed by atoms with Crippen LogP contribution in [0, 0.1) is 5.82 Å². The van der Waals surface area contributed by atoms with Crippen molar-refractivity contribution in [3.63, 3.8) is 0 Å². The number of halogens is 1. The van der Waals surface area contributed by atoms with Gasteiger partial charge in [-0.15, -0.1) is 0 Å². The lowest BCUT2D eigenvalue weighted by Gasteiger charge is -2.05. The lowest BCUT2D eigenvalue weighted by molar-refractivity contribution is 0.622. The Labute approximate surface area is 114 Å². The van der Waals surface area contributed by atoms with Crippen molar-refractivity contribution in [2.24, 2.45) is 0 Å². The van der Waals surface area contributed by atoms with E-state index in [9.17, 15) is 8.60 Å². The molecule has 0 fully saturated rings. The molecule has 0 aliphatic heterocycles. The minimum atomic E-state index is -1.18. The molecule has 0 aromatic heterocycles. The molecule has 1 aliphatic rings. The Balaban J connectivity index is 1.80. The van der Waals surface area contributed by atoms with Crippen LogP contribution in [-0.4, -0.2) is 4.21 Å². The summed E-state index contributed by atoms with van der Waals surface area (Å²) in [6.45, 7) is 0. The smallest absolute Gasteiger partial charge is 0.124 e. The summed E-state index contributed by atoms with van der Waals surface area (Å²) in [6.07, 6.45) is 3.49. The van der Waals surface area contributed by atoms with E-state index in [1.807, 2.05) is 6.07 Å². The van der Waals surface area contributed by atoms with Crippen LogP contribution in [0.25, 0.3) is 0 Å². The van der Waals surface area contributed by atoms with Crippen molar-refractivity contribution >= 4 is 10.8 Å². The van der Waals surface area contributed by atoms with E-state index in [0.29, 0.717) is 10.6 Å². The summed E-state index contributed by atoms with van der Waals surface area (Å²) in [5.41, 5.74) is 3.87. The first-order valence-electron chi connectivity index (χ1n) is 6.47. The topological polar surface area (TPSA) is 17.1 Å². The third-order valence-corrected chi connectivity index (χ3v) is 4.89. The standard InChI is InChI=1S/C16H15FOS/c17-15-5-2-6-16(10-15)19(18)11-12-7-8-13-3-1-4-14(13)9-12/h2,5-10H,1,3-4,11H2. The van der Waals surface area contributed by atoms with Crippen LogP contribution < -0.4 is 0 Å². The van der Waals surface area contributed by atoms with Gasteiger partial charge in [0.05, 0.1) is 16.6 Å². The van der Waals surface area contributed by atoms with Crippen LogP contribution in [0.1, 0.15) is 23.1 Å². The second-order valence-corrected chi connectivity index (χ2v) is 6.35. The van der Waals surface area contributed by atoms with Crippen molar-refractivity contribution in [1.82, 2.24) is 0 Å². The minimum Gasteiger partial charge on any atom is -0.254 e. The second-order valence-electron chi connectivity index (χ2n) is 4.90. The number of rotatable bonds is 3. The zero-order valence-corrected chi connectivity index (χ0v) is 11.4. The van der Waals surface area contributed by atoms with Crippen molar-refractivity contribution in [3.8, 4) is 0 Å². The Kier molecular flexibility index (Phi) is 3.47. The van der Waals surface area contributed by atoms with Gasteiger partial charge in [-0.05, 0) is 54.2 Å². The van der Waals surface area contributed by atoms with E-state index >= 15 is 0 Å². The fourth-order valence-corrected chi connectivity index (χ4v) is 3.68. The third kappa shape index (κ3) is 2.76. The van der Waals surface area contributed by atoms with Crippen LogP contribution in [0.5, 0.6) is 0 Å². The Morgan fingerprint density at radius 3 is 2.74 bits per heavy atom. The maximum atomic E-state index is 13.1. The van der Waals surface area contributed by atoms with Gasteiger partial charge in [-0.25, -0.2) is 4.39 Å². The van der Waals surface area contributed by atoms with Crippen molar-refractivity contribution in [3.05, 3.63) is 65.0 Å². The fraction of sp³-hybridized carbons (Fsp3) is 0.250. The van der Waals surface area contributed by atoms with Gasteiger partial charge < -0.3 is 0 Å². The lowest BCUT2D eigenvalue weighted by Crippen LogP contribution is -1.98. The van der Waals surface area contributed by atoms with Gasteiger partial charge in [-0.1, -0.05) is 24.3 Å². The van der Waals surface area contributed by atoms with E-state index in [4.69, 9.17) is 0 Å². The normalized spacial score (nSPS) is 15.2. The Hall–Kier alpha value is -1.48. The highest BCUT2D eigenvalue weighted by atomic mass is 32.2. The molecule has 1 aliphatic carbocycles. The van der Waals surface area contributed by atoms with Crippen molar-refractivity contribution in [2.75, 3.05) is 0 Å². The largest absolute Gasteiger partial charge is 0.254 e. The number of aryl methyl sites for hydroxylation is 2. The molecule has 0 amide bonds. The predicted octanol–water partition coefficient (Wildman–Crippen LogP) is 3.62. The van der Waals surface area contributed by atoms with Crippen molar-refractivity contribution in [1.29, 1.82) is 0 Å². The molecule has 0 bridgehead atoms. The van der Waals surface area contributed by atoms with Gasteiger partial charge in [0.1, 0.15) is 5.82 Å². The summed E-state index contributed by atoms with van der Waals surface area (Å²) in [5, 5.41) is 0. The Morgan fingerprint density at radius 1 is 1.05 bits per heavy atom. The van der Waals surface area contributed by atoms with Crippen LogP contribution in [0.2, 0.25) is 0 Å². The van der Waals surface area contributed by atoms with E-state index in [0.717, 1.165) is 18.4 Å². The number of hydrogen-bond acceptors (Lipinski definition) is 1. The summed E-state index contributed by atoms with van der Waals surface area (Å²) in [4.78, 5) is 0.556. The highest BCUT2D eigenvalue weighted by molar-refractivity contribution is 7.84. The monoisotopic (exact) mass is 274 g/mol. The Bertz CT molecular complexity index is 636. The molecule has 1 nitrogen and oxygen atoms in total. The predicted molar refractivity (Wildman–Crippen MR) is 75.0 cm³/mol. The van der Waals surface area contributed by atoms with Gasteiger partial charge in [0.2, 0.25) is 0 Å². The summed E-state index contributed by atoms with van der Waals surface area (Å²) in [6, 6.07) is 12.4. The minimum absolute atomic E-state index is 0.334. The molecule has 2 aromatic carbocycles. The Morgan fingerprint density at radius 2 is 1.89 bits per heavy atom. The quantitative estimate of drug-likeness (QED) is 0.835. The molecule has 2 aromatic rings. The van der Waals surface area contributed by atoms with Crippen molar-refractivity contribution in [2.45, 2.75) is 29.9 Å². The van der Waals surface area contributed by atoms with Crippen LogP contribution in [0.4, 0.5) is 4.39 Å². The van der Waals surface area contributed by atoms with Gasteiger partial charge in [0.15, 0.2) is 0 Å². The maximum absolute atomic E-state index is 13.1. The highest BCUT2D eigenvalue weighted by Crippen LogP contribution is 2.24. The summed E-state index contributed by atoms with van der Waals surface area (Å²) < 4.78 is 25.3. The van der Waals surface area contributed by atoms with Crippen LogP contribution in [0.3, 0.4) is 0 Å². The number of fused-ring (bicyclic) bond motifs is 1. The molecule has 3 rings (SSSR count). The molecular weight excluding hydrogens is 259 g/mol. The molecule has 3 heteroatoms. The van der Waals surface area contributed by atoms with Gasteiger partial charge in [0, 0.05) is 4.90 Å². The van der Waals surface area contributed by atoms with Gasteiger partial charge in [-0.2, -0.15) is 0 Å².